The summed E-state index contributed by atoms with van der Waals surface area (Å²) in [4.78, 5) is 16.8. The molecule has 1 N–H and O–H groups in total. The molecule has 27 heavy (non-hydrogen) atoms. The number of amides is 1. The average Bonchev–Trinajstić information content (AvgIpc) is 3.11. The first kappa shape index (κ1) is 16.8. The molecule has 134 valence electrons. The number of fused-ring (bicyclic) bond motifs is 1. The molecule has 0 aliphatic carbocycles. The smallest absolute Gasteiger partial charge is 0.255 e. The molecule has 4 rings (SSSR count). The molecule has 2 aromatic carbocycles. The van der Waals surface area contributed by atoms with Gasteiger partial charge in [0.2, 0.25) is 0 Å². The van der Waals surface area contributed by atoms with Crippen LogP contribution in [0.1, 0.15) is 16.1 Å². The van der Waals surface area contributed by atoms with E-state index in [4.69, 9.17) is 4.74 Å². The van der Waals surface area contributed by atoms with E-state index in [0.29, 0.717) is 23.6 Å². The van der Waals surface area contributed by atoms with Crippen LogP contribution in [0.15, 0.2) is 79.1 Å². The summed E-state index contributed by atoms with van der Waals surface area (Å²) in [5, 5.41) is 2.73. The highest BCUT2D eigenvalue weighted by Crippen LogP contribution is 2.17. The lowest BCUT2D eigenvalue weighted by Gasteiger charge is -2.08. The van der Waals surface area contributed by atoms with Gasteiger partial charge in [-0.25, -0.2) is 9.37 Å². The van der Waals surface area contributed by atoms with Crippen molar-refractivity contribution in [2.45, 2.75) is 6.61 Å². The fourth-order valence-electron chi connectivity index (χ4n) is 2.68. The Morgan fingerprint density at radius 3 is 2.74 bits per heavy atom. The lowest BCUT2D eigenvalue weighted by molar-refractivity contribution is 0.102. The molecule has 0 spiro atoms. The van der Waals surface area contributed by atoms with Crippen molar-refractivity contribution in [2.75, 3.05) is 5.32 Å². The quantitative estimate of drug-likeness (QED) is 0.576. The number of pyridine rings is 1. The van der Waals surface area contributed by atoms with Gasteiger partial charge < -0.3 is 14.5 Å². The lowest BCUT2D eigenvalue weighted by Crippen LogP contribution is -2.12. The topological polar surface area (TPSA) is 55.6 Å². The normalized spacial score (nSPS) is 10.7. The number of benzene rings is 2. The van der Waals surface area contributed by atoms with Gasteiger partial charge in [0, 0.05) is 23.6 Å². The molecule has 0 atom stereocenters. The highest BCUT2D eigenvalue weighted by Gasteiger charge is 2.08. The fraction of sp³-hybridized carbons (Fsp3) is 0.0476. The van der Waals surface area contributed by atoms with Crippen LogP contribution in [0, 0.1) is 5.82 Å². The minimum atomic E-state index is -0.352. The van der Waals surface area contributed by atoms with Crippen LogP contribution in [0.4, 0.5) is 10.1 Å². The van der Waals surface area contributed by atoms with E-state index in [0.717, 1.165) is 11.3 Å². The molecule has 0 radical (unpaired) electrons. The maximum absolute atomic E-state index is 13.0. The van der Waals surface area contributed by atoms with Gasteiger partial charge in [0.25, 0.3) is 5.91 Å². The summed E-state index contributed by atoms with van der Waals surface area (Å²) < 4.78 is 20.7. The third kappa shape index (κ3) is 3.95. The summed E-state index contributed by atoms with van der Waals surface area (Å²) in [7, 11) is 0. The van der Waals surface area contributed by atoms with E-state index in [1.165, 1.54) is 24.3 Å². The number of anilines is 1. The Morgan fingerprint density at radius 2 is 1.93 bits per heavy atom. The second kappa shape index (κ2) is 7.29. The first-order valence-electron chi connectivity index (χ1n) is 8.40. The molecule has 5 nitrogen and oxygen atoms in total. The highest BCUT2D eigenvalue weighted by molar-refractivity contribution is 6.04. The van der Waals surface area contributed by atoms with Crippen molar-refractivity contribution in [3.05, 3.63) is 96.2 Å². The molecule has 2 aromatic heterocycles. The van der Waals surface area contributed by atoms with Gasteiger partial charge in [0.05, 0.1) is 5.69 Å². The van der Waals surface area contributed by atoms with Gasteiger partial charge >= 0.3 is 0 Å². The van der Waals surface area contributed by atoms with Gasteiger partial charge in [0.1, 0.15) is 23.8 Å². The van der Waals surface area contributed by atoms with Gasteiger partial charge in [-0.15, -0.1) is 0 Å². The molecule has 0 unspecified atom stereocenters. The van der Waals surface area contributed by atoms with E-state index in [1.807, 2.05) is 35.0 Å². The van der Waals surface area contributed by atoms with Gasteiger partial charge in [0.15, 0.2) is 0 Å². The minimum absolute atomic E-state index is 0.292. The van der Waals surface area contributed by atoms with E-state index in [2.05, 4.69) is 10.3 Å². The van der Waals surface area contributed by atoms with Crippen molar-refractivity contribution >= 4 is 17.2 Å². The standard InChI is InChI=1S/C21H16FN3O2/c22-16-7-9-17(10-8-16)24-21(26)15-4-3-5-19(12-15)27-14-18-13-25-11-2-1-6-20(25)23-18/h1-13H,14H2,(H,24,26). The zero-order chi connectivity index (χ0) is 18.6. The third-order valence-electron chi connectivity index (χ3n) is 4.00. The number of aromatic nitrogens is 2. The first-order valence-corrected chi connectivity index (χ1v) is 8.40. The molecule has 4 aromatic rings. The molecule has 0 bridgehead atoms. The maximum Gasteiger partial charge on any atom is 0.255 e. The largest absolute Gasteiger partial charge is 0.487 e. The van der Waals surface area contributed by atoms with Crippen molar-refractivity contribution in [3.8, 4) is 5.75 Å². The minimum Gasteiger partial charge on any atom is -0.487 e. The van der Waals surface area contributed by atoms with Crippen LogP contribution in [0.25, 0.3) is 5.65 Å². The van der Waals surface area contributed by atoms with Crippen molar-refractivity contribution in [1.82, 2.24) is 9.38 Å². The number of hydrogen-bond acceptors (Lipinski definition) is 3. The summed E-state index contributed by atoms with van der Waals surface area (Å²) in [6.45, 7) is 0.296. The van der Waals surface area contributed by atoms with Crippen molar-refractivity contribution in [3.63, 3.8) is 0 Å². The summed E-state index contributed by atoms with van der Waals surface area (Å²) in [5.74, 6) is -0.0751. The van der Waals surface area contributed by atoms with Crippen LogP contribution in [0.5, 0.6) is 5.75 Å². The summed E-state index contributed by atoms with van der Waals surface area (Å²) in [6, 6.07) is 18.3. The van der Waals surface area contributed by atoms with Crippen LogP contribution in [0.3, 0.4) is 0 Å². The van der Waals surface area contributed by atoms with E-state index in [1.54, 1.807) is 24.3 Å². The number of nitrogens with one attached hydrogen (secondary N) is 1. The number of nitrogens with zero attached hydrogens (tertiary/aromatic N) is 2. The predicted octanol–water partition coefficient (Wildman–Crippen LogP) is 4.30. The van der Waals surface area contributed by atoms with Crippen molar-refractivity contribution in [1.29, 1.82) is 0 Å². The Labute approximate surface area is 155 Å². The third-order valence-corrected chi connectivity index (χ3v) is 4.00. The van der Waals surface area contributed by atoms with E-state index in [-0.39, 0.29) is 11.7 Å². The Kier molecular flexibility index (Phi) is 4.53. The molecule has 0 fully saturated rings. The first-order chi connectivity index (χ1) is 13.2. The summed E-state index contributed by atoms with van der Waals surface area (Å²) in [6.07, 6.45) is 3.83. The van der Waals surface area contributed by atoms with Crippen molar-refractivity contribution in [2.24, 2.45) is 0 Å². The number of hydrogen-bond donors (Lipinski definition) is 1. The lowest BCUT2D eigenvalue weighted by atomic mass is 10.2. The van der Waals surface area contributed by atoms with E-state index >= 15 is 0 Å². The van der Waals surface area contributed by atoms with E-state index in [9.17, 15) is 9.18 Å². The monoisotopic (exact) mass is 361 g/mol. The Hall–Kier alpha value is -3.67. The fourth-order valence-corrected chi connectivity index (χ4v) is 2.68. The molecule has 0 aliphatic heterocycles. The molecular formula is C21H16FN3O2. The molecule has 2 heterocycles. The number of carbonyl (C=O) groups excluding carboxylic acids is 1. The molecule has 0 saturated carbocycles. The van der Waals surface area contributed by atoms with Crippen LogP contribution < -0.4 is 10.1 Å². The van der Waals surface area contributed by atoms with Gasteiger partial charge in [-0.2, -0.15) is 0 Å². The highest BCUT2D eigenvalue weighted by atomic mass is 19.1. The second-order valence-corrected chi connectivity index (χ2v) is 5.98. The molecular weight excluding hydrogens is 345 g/mol. The molecule has 0 saturated heterocycles. The molecule has 0 aliphatic rings. The van der Waals surface area contributed by atoms with Crippen LogP contribution >= 0.6 is 0 Å². The van der Waals surface area contributed by atoms with Gasteiger partial charge in [-0.3, -0.25) is 4.79 Å². The maximum atomic E-state index is 13.0. The number of rotatable bonds is 5. The summed E-state index contributed by atoms with van der Waals surface area (Å²) in [5.41, 5.74) is 2.62. The van der Waals surface area contributed by atoms with Crippen LogP contribution in [-0.2, 0) is 6.61 Å². The number of ether oxygens (including phenoxy) is 1. The Balaban J connectivity index is 1.43. The predicted molar refractivity (Wildman–Crippen MR) is 100 cm³/mol. The van der Waals surface area contributed by atoms with Gasteiger partial charge in [-0.1, -0.05) is 12.1 Å². The average molecular weight is 361 g/mol. The number of carbonyl (C=O) groups is 1. The SMILES string of the molecule is O=C(Nc1ccc(F)cc1)c1cccc(OCc2cn3ccccc3n2)c1. The van der Waals surface area contributed by atoms with Crippen molar-refractivity contribution < 1.29 is 13.9 Å². The van der Waals surface area contributed by atoms with Gasteiger partial charge in [-0.05, 0) is 54.6 Å². The zero-order valence-corrected chi connectivity index (χ0v) is 14.3. The molecule has 6 heteroatoms. The molecule has 1 amide bonds. The summed E-state index contributed by atoms with van der Waals surface area (Å²) >= 11 is 0. The van der Waals surface area contributed by atoms with Crippen LogP contribution in [-0.4, -0.2) is 15.3 Å². The Morgan fingerprint density at radius 1 is 1.07 bits per heavy atom. The van der Waals surface area contributed by atoms with Crippen LogP contribution in [0.2, 0.25) is 0 Å². The number of halogens is 1. The Bertz CT molecular complexity index is 1060. The van der Waals surface area contributed by atoms with E-state index < -0.39 is 0 Å². The number of imidazole rings is 1. The zero-order valence-electron chi connectivity index (χ0n) is 14.3. The second-order valence-electron chi connectivity index (χ2n) is 5.98.